The summed E-state index contributed by atoms with van der Waals surface area (Å²) >= 11 is 0. The fourth-order valence-corrected chi connectivity index (χ4v) is 6.93. The van der Waals surface area contributed by atoms with Crippen LogP contribution in [0.1, 0.15) is 103 Å². The number of halogens is 7. The fraction of sp³-hybridized carbons (Fsp3) is 0.441. The van der Waals surface area contributed by atoms with E-state index >= 15 is 13.2 Å². The lowest BCUT2D eigenvalue weighted by Crippen LogP contribution is -2.23. The van der Waals surface area contributed by atoms with Gasteiger partial charge in [-0.05, 0) is 122 Å². The molecule has 1 saturated carbocycles. The highest BCUT2D eigenvalue weighted by Gasteiger charge is 2.35. The van der Waals surface area contributed by atoms with Gasteiger partial charge in [-0.15, -0.1) is 0 Å². The largest absolute Gasteiger partial charge is 0.207 e. The van der Waals surface area contributed by atoms with Crippen molar-refractivity contribution in [2.75, 3.05) is 0 Å². The standard InChI is InChI=1S/C34H32F7N/c1-2-3-19-15-27(35)25(28(36)16-19)12-5-18-4-11-24-26(14-18)33(40)34(41)29(31(24)38)21-8-6-20(7-9-21)23-13-10-22(17-42)30(37)32(23)39/h10,13,15-16,18,20-21H,2-9,11-12,14H2,1H3. The van der Waals surface area contributed by atoms with Crippen LogP contribution in [0.4, 0.5) is 30.7 Å². The highest BCUT2D eigenvalue weighted by molar-refractivity contribution is 5.41. The van der Waals surface area contributed by atoms with Gasteiger partial charge in [0.2, 0.25) is 0 Å². The van der Waals surface area contributed by atoms with Crippen LogP contribution >= 0.6 is 0 Å². The fourth-order valence-electron chi connectivity index (χ4n) is 6.93. The van der Waals surface area contributed by atoms with Crippen LogP contribution in [0.5, 0.6) is 0 Å². The molecule has 0 aromatic heterocycles. The van der Waals surface area contributed by atoms with Gasteiger partial charge in [0.05, 0.1) is 5.56 Å². The Morgan fingerprint density at radius 2 is 1.40 bits per heavy atom. The molecule has 1 nitrogen and oxygen atoms in total. The van der Waals surface area contributed by atoms with E-state index in [0.29, 0.717) is 37.7 Å². The van der Waals surface area contributed by atoms with Gasteiger partial charge in [-0.2, -0.15) is 5.26 Å². The first kappa shape index (κ1) is 30.1. The maximum Gasteiger partial charge on any atom is 0.176 e. The zero-order valence-electron chi connectivity index (χ0n) is 23.4. The summed E-state index contributed by atoms with van der Waals surface area (Å²) in [6.45, 7) is 1.92. The number of fused-ring (bicyclic) bond motifs is 1. The summed E-state index contributed by atoms with van der Waals surface area (Å²) in [4.78, 5) is 0. The monoisotopic (exact) mass is 587 g/mol. The maximum atomic E-state index is 15.7. The average molecular weight is 588 g/mol. The molecule has 0 saturated heterocycles. The van der Waals surface area contributed by atoms with Crippen molar-refractivity contribution in [3.8, 4) is 6.07 Å². The highest BCUT2D eigenvalue weighted by Crippen LogP contribution is 2.45. The normalized spacial score (nSPS) is 20.3. The Hall–Kier alpha value is -3.34. The molecule has 3 aromatic carbocycles. The van der Waals surface area contributed by atoms with Gasteiger partial charge in [-0.25, -0.2) is 30.7 Å². The quantitative estimate of drug-likeness (QED) is 0.199. The lowest BCUT2D eigenvalue weighted by molar-refractivity contribution is 0.348. The molecular weight excluding hydrogens is 555 g/mol. The molecule has 0 bridgehead atoms. The van der Waals surface area contributed by atoms with Crippen molar-refractivity contribution in [1.82, 2.24) is 0 Å². The van der Waals surface area contributed by atoms with E-state index in [1.165, 1.54) is 24.3 Å². The van der Waals surface area contributed by atoms with Crippen molar-refractivity contribution < 1.29 is 30.7 Å². The van der Waals surface area contributed by atoms with Crippen molar-refractivity contribution in [1.29, 1.82) is 5.26 Å². The minimum Gasteiger partial charge on any atom is -0.207 e. The molecule has 0 amide bonds. The van der Waals surface area contributed by atoms with Crippen molar-refractivity contribution in [2.24, 2.45) is 5.92 Å². The van der Waals surface area contributed by atoms with E-state index < -0.39 is 46.6 Å². The third-order valence-corrected chi connectivity index (χ3v) is 9.21. The van der Waals surface area contributed by atoms with E-state index in [2.05, 4.69) is 0 Å². The second-order valence-corrected chi connectivity index (χ2v) is 11.7. The molecule has 1 atom stereocenters. The van der Waals surface area contributed by atoms with E-state index in [-0.39, 0.29) is 77.3 Å². The number of benzene rings is 3. The smallest absolute Gasteiger partial charge is 0.176 e. The van der Waals surface area contributed by atoms with Crippen molar-refractivity contribution in [2.45, 2.75) is 89.4 Å². The predicted octanol–water partition coefficient (Wildman–Crippen LogP) is 9.66. The van der Waals surface area contributed by atoms with Crippen LogP contribution in [0.25, 0.3) is 0 Å². The number of nitrogens with zero attached hydrogens (tertiary/aromatic N) is 1. The molecule has 42 heavy (non-hydrogen) atoms. The molecule has 1 fully saturated rings. The topological polar surface area (TPSA) is 23.8 Å². The maximum absolute atomic E-state index is 15.7. The zero-order chi connectivity index (χ0) is 30.1. The van der Waals surface area contributed by atoms with E-state index in [1.54, 1.807) is 6.07 Å². The van der Waals surface area contributed by atoms with E-state index in [1.807, 2.05) is 6.92 Å². The molecule has 8 heteroatoms. The van der Waals surface area contributed by atoms with Crippen LogP contribution < -0.4 is 0 Å². The first-order valence-electron chi connectivity index (χ1n) is 14.7. The minimum atomic E-state index is -1.21. The summed E-state index contributed by atoms with van der Waals surface area (Å²) in [7, 11) is 0. The van der Waals surface area contributed by atoms with Crippen LogP contribution in [0, 0.1) is 58.0 Å². The predicted molar refractivity (Wildman–Crippen MR) is 146 cm³/mol. The molecule has 0 aliphatic heterocycles. The number of hydrogen-bond donors (Lipinski definition) is 0. The van der Waals surface area contributed by atoms with E-state index in [4.69, 9.17) is 5.26 Å². The molecule has 0 N–H and O–H groups in total. The minimum absolute atomic E-state index is 0.00643. The SMILES string of the molecule is CCCc1cc(F)c(CCC2CCc3c(F)c(C4CCC(c5ccc(C#N)c(F)c5F)CC4)c(F)c(F)c3C2)c(F)c1. The van der Waals surface area contributed by atoms with Gasteiger partial charge in [0.25, 0.3) is 0 Å². The first-order chi connectivity index (χ1) is 20.1. The van der Waals surface area contributed by atoms with Crippen LogP contribution in [0.2, 0.25) is 0 Å². The van der Waals surface area contributed by atoms with Gasteiger partial charge >= 0.3 is 0 Å². The second-order valence-electron chi connectivity index (χ2n) is 11.7. The molecule has 2 aliphatic carbocycles. The first-order valence-corrected chi connectivity index (χ1v) is 14.7. The number of aryl methyl sites for hydroxylation is 1. The Morgan fingerprint density at radius 1 is 0.738 bits per heavy atom. The lowest BCUT2D eigenvalue weighted by Gasteiger charge is -2.32. The summed E-state index contributed by atoms with van der Waals surface area (Å²) in [5.74, 6) is -7.69. The van der Waals surface area contributed by atoms with E-state index in [9.17, 15) is 17.6 Å². The Bertz CT molecular complexity index is 1510. The van der Waals surface area contributed by atoms with Crippen molar-refractivity contribution in [3.63, 3.8) is 0 Å². The van der Waals surface area contributed by atoms with Gasteiger partial charge in [0.15, 0.2) is 23.3 Å². The molecule has 0 heterocycles. The molecule has 0 spiro atoms. The third-order valence-electron chi connectivity index (χ3n) is 9.21. The summed E-state index contributed by atoms with van der Waals surface area (Å²) in [6.07, 6.45) is 3.79. The third kappa shape index (κ3) is 5.67. The van der Waals surface area contributed by atoms with Crippen LogP contribution in [-0.2, 0) is 25.7 Å². The molecular formula is C34H32F7N. The Balaban J connectivity index is 1.29. The van der Waals surface area contributed by atoms with Crippen molar-refractivity contribution in [3.05, 3.63) is 104 Å². The number of hydrogen-bond acceptors (Lipinski definition) is 1. The molecule has 222 valence electrons. The van der Waals surface area contributed by atoms with Crippen LogP contribution in [0.3, 0.4) is 0 Å². The number of rotatable bonds is 7. The van der Waals surface area contributed by atoms with E-state index in [0.717, 1.165) is 6.42 Å². The number of nitriles is 1. The van der Waals surface area contributed by atoms with Crippen molar-refractivity contribution >= 4 is 0 Å². The molecule has 2 aliphatic rings. The van der Waals surface area contributed by atoms with Crippen LogP contribution in [-0.4, -0.2) is 0 Å². The average Bonchev–Trinajstić information content (AvgIpc) is 2.97. The summed E-state index contributed by atoms with van der Waals surface area (Å²) < 4.78 is 104. The molecule has 5 rings (SSSR count). The Morgan fingerprint density at radius 3 is 2.05 bits per heavy atom. The van der Waals surface area contributed by atoms with Crippen LogP contribution in [0.15, 0.2) is 24.3 Å². The van der Waals surface area contributed by atoms with Gasteiger partial charge in [0.1, 0.15) is 23.5 Å². The highest BCUT2D eigenvalue weighted by atomic mass is 19.2. The summed E-state index contributed by atoms with van der Waals surface area (Å²) in [6, 6.07) is 6.89. The second kappa shape index (κ2) is 12.5. The van der Waals surface area contributed by atoms with Gasteiger partial charge in [-0.3, -0.25) is 0 Å². The Kier molecular flexibility index (Phi) is 8.96. The lowest BCUT2D eigenvalue weighted by atomic mass is 9.73. The van der Waals surface area contributed by atoms with Gasteiger partial charge in [-0.1, -0.05) is 19.4 Å². The molecule has 0 radical (unpaired) electrons. The Labute approximate surface area is 241 Å². The summed E-state index contributed by atoms with van der Waals surface area (Å²) in [5, 5.41) is 8.91. The van der Waals surface area contributed by atoms with Gasteiger partial charge in [0, 0.05) is 11.1 Å². The summed E-state index contributed by atoms with van der Waals surface area (Å²) in [5.41, 5.74) is 0.178. The molecule has 1 unspecified atom stereocenters. The zero-order valence-corrected chi connectivity index (χ0v) is 23.4. The van der Waals surface area contributed by atoms with Gasteiger partial charge < -0.3 is 0 Å². The molecule has 3 aromatic rings.